The first kappa shape index (κ1) is 15.4. The van der Waals surface area contributed by atoms with E-state index in [4.69, 9.17) is 0 Å². The van der Waals surface area contributed by atoms with Crippen LogP contribution in [0.2, 0.25) is 0 Å². The number of hydrogen-bond donors (Lipinski definition) is 1. The van der Waals surface area contributed by atoms with Gasteiger partial charge in [-0.1, -0.05) is 36.0 Å². The van der Waals surface area contributed by atoms with E-state index in [2.05, 4.69) is 10.3 Å². The summed E-state index contributed by atoms with van der Waals surface area (Å²) in [7, 11) is 0. The number of rotatable bonds is 4. The van der Waals surface area contributed by atoms with Crippen molar-refractivity contribution < 1.29 is 13.6 Å². The fourth-order valence-corrected chi connectivity index (χ4v) is 2.85. The topological polar surface area (TPSA) is 42.0 Å². The number of alkyl halides is 2. The lowest BCUT2D eigenvalue weighted by Gasteiger charge is -2.11. The Balaban J connectivity index is 1.93. The fraction of sp³-hybridized carbons (Fsp3) is 0.0588. The lowest BCUT2D eigenvalue weighted by Crippen LogP contribution is -2.13. The second-order valence-corrected chi connectivity index (χ2v) is 5.74. The van der Waals surface area contributed by atoms with Crippen molar-refractivity contribution in [2.75, 3.05) is 5.32 Å². The molecular weight excluding hydrogens is 318 g/mol. The van der Waals surface area contributed by atoms with Crippen LogP contribution in [0, 0.1) is 0 Å². The monoisotopic (exact) mass is 330 g/mol. The summed E-state index contributed by atoms with van der Waals surface area (Å²) < 4.78 is 25.2. The van der Waals surface area contributed by atoms with Gasteiger partial charge < -0.3 is 5.32 Å². The van der Waals surface area contributed by atoms with Gasteiger partial charge in [-0.25, -0.2) is 0 Å². The van der Waals surface area contributed by atoms with E-state index in [1.54, 1.807) is 54.7 Å². The molecule has 0 atom stereocenters. The number of pyridine rings is 1. The number of nitrogens with zero attached hydrogens (tertiary/aromatic N) is 1. The Hall–Kier alpha value is -2.47. The number of amides is 1. The molecule has 0 aliphatic rings. The molecule has 23 heavy (non-hydrogen) atoms. The summed E-state index contributed by atoms with van der Waals surface area (Å²) in [5, 5.41) is 3.42. The summed E-state index contributed by atoms with van der Waals surface area (Å²) in [5.41, 5.74) is 1.52. The van der Waals surface area contributed by atoms with Crippen molar-refractivity contribution in [1.29, 1.82) is 0 Å². The molecule has 1 aromatic heterocycles. The fourth-order valence-electron chi connectivity index (χ4n) is 2.26. The van der Waals surface area contributed by atoms with Crippen LogP contribution in [-0.2, 0) is 0 Å². The molecule has 0 spiro atoms. The zero-order valence-electron chi connectivity index (χ0n) is 11.9. The van der Waals surface area contributed by atoms with Crippen LogP contribution in [0.1, 0.15) is 10.4 Å². The van der Waals surface area contributed by atoms with Gasteiger partial charge in [-0.2, -0.15) is 8.78 Å². The number of fused-ring (bicyclic) bond motifs is 1. The van der Waals surface area contributed by atoms with E-state index in [0.717, 1.165) is 0 Å². The number of para-hydroxylation sites is 1. The molecule has 0 saturated carbocycles. The second kappa shape index (κ2) is 6.75. The standard InChI is InChI=1S/C17H12F2N2OS/c18-17(19)23-15-9-2-1-7-14(15)21-16(22)12-5-3-8-13-11(12)6-4-10-20-13/h1-10,17H,(H,21,22). The lowest BCUT2D eigenvalue weighted by atomic mass is 10.1. The first-order chi connectivity index (χ1) is 11.1. The molecule has 3 nitrogen and oxygen atoms in total. The Kier molecular flexibility index (Phi) is 4.52. The van der Waals surface area contributed by atoms with Gasteiger partial charge in [0.15, 0.2) is 0 Å². The Morgan fingerprint density at radius 3 is 2.70 bits per heavy atom. The van der Waals surface area contributed by atoms with Crippen LogP contribution in [0.5, 0.6) is 0 Å². The molecule has 1 amide bonds. The van der Waals surface area contributed by atoms with Gasteiger partial charge in [-0.15, -0.1) is 0 Å². The van der Waals surface area contributed by atoms with Crippen LogP contribution >= 0.6 is 11.8 Å². The minimum absolute atomic E-state index is 0.328. The summed E-state index contributed by atoms with van der Waals surface area (Å²) in [5.74, 6) is -2.90. The Morgan fingerprint density at radius 2 is 1.87 bits per heavy atom. The average molecular weight is 330 g/mol. The molecule has 0 fully saturated rings. The van der Waals surface area contributed by atoms with E-state index in [9.17, 15) is 13.6 Å². The van der Waals surface area contributed by atoms with Crippen molar-refractivity contribution in [3.05, 3.63) is 66.4 Å². The van der Waals surface area contributed by atoms with Crippen molar-refractivity contribution in [3.8, 4) is 0 Å². The summed E-state index contributed by atoms with van der Waals surface area (Å²) in [6.45, 7) is 0. The number of hydrogen-bond acceptors (Lipinski definition) is 3. The largest absolute Gasteiger partial charge is 0.321 e. The highest BCUT2D eigenvalue weighted by Crippen LogP contribution is 2.32. The van der Waals surface area contributed by atoms with E-state index < -0.39 is 5.76 Å². The van der Waals surface area contributed by atoms with E-state index >= 15 is 0 Å². The minimum atomic E-state index is -2.55. The zero-order valence-corrected chi connectivity index (χ0v) is 12.7. The molecule has 1 heterocycles. The minimum Gasteiger partial charge on any atom is -0.321 e. The van der Waals surface area contributed by atoms with Gasteiger partial charge in [0.2, 0.25) is 0 Å². The van der Waals surface area contributed by atoms with Gasteiger partial charge in [-0.05, 0) is 30.3 Å². The third-order valence-electron chi connectivity index (χ3n) is 3.24. The lowest BCUT2D eigenvalue weighted by molar-refractivity contribution is 0.102. The Morgan fingerprint density at radius 1 is 1.04 bits per heavy atom. The highest BCUT2D eigenvalue weighted by atomic mass is 32.2. The summed E-state index contributed by atoms with van der Waals surface area (Å²) in [6.07, 6.45) is 1.65. The van der Waals surface area contributed by atoms with Crippen molar-refractivity contribution in [3.63, 3.8) is 0 Å². The molecule has 0 unspecified atom stereocenters. The predicted molar refractivity (Wildman–Crippen MR) is 88.0 cm³/mol. The molecule has 2 aromatic carbocycles. The molecule has 1 N–H and O–H groups in total. The molecule has 0 aliphatic heterocycles. The van der Waals surface area contributed by atoms with Crippen LogP contribution in [0.15, 0.2) is 65.7 Å². The predicted octanol–water partition coefficient (Wildman–Crippen LogP) is 4.80. The number of thioether (sulfide) groups is 1. The van der Waals surface area contributed by atoms with Crippen molar-refractivity contribution in [2.45, 2.75) is 10.7 Å². The van der Waals surface area contributed by atoms with Crippen LogP contribution in [0.4, 0.5) is 14.5 Å². The van der Waals surface area contributed by atoms with Crippen LogP contribution in [0.25, 0.3) is 10.9 Å². The smallest absolute Gasteiger partial charge is 0.288 e. The number of carbonyl (C=O) groups is 1. The molecule has 0 saturated heterocycles. The molecule has 116 valence electrons. The third kappa shape index (κ3) is 3.48. The zero-order chi connectivity index (χ0) is 16.2. The molecule has 0 bridgehead atoms. The average Bonchev–Trinajstić information content (AvgIpc) is 2.55. The van der Waals surface area contributed by atoms with Gasteiger partial charge in [0.05, 0.1) is 11.2 Å². The summed E-state index contributed by atoms with van der Waals surface area (Å²) in [6, 6.07) is 15.3. The van der Waals surface area contributed by atoms with Gasteiger partial charge in [-0.3, -0.25) is 9.78 Å². The summed E-state index contributed by atoms with van der Waals surface area (Å²) in [4.78, 5) is 17.1. The number of benzene rings is 2. The maximum atomic E-state index is 12.6. The number of halogens is 2. The SMILES string of the molecule is O=C(Nc1ccccc1SC(F)F)c1cccc2ncccc12. The molecular formula is C17H12F2N2OS. The Bertz CT molecular complexity index is 849. The van der Waals surface area contributed by atoms with Crippen molar-refractivity contribution >= 4 is 34.3 Å². The molecule has 3 aromatic rings. The number of carbonyl (C=O) groups excluding carboxylic acids is 1. The number of aromatic nitrogens is 1. The highest BCUT2D eigenvalue weighted by molar-refractivity contribution is 7.99. The van der Waals surface area contributed by atoms with Gasteiger partial charge >= 0.3 is 0 Å². The number of nitrogens with one attached hydrogen (secondary N) is 1. The van der Waals surface area contributed by atoms with Gasteiger partial charge in [0.1, 0.15) is 0 Å². The third-order valence-corrected chi connectivity index (χ3v) is 4.03. The van der Waals surface area contributed by atoms with Crippen LogP contribution in [0.3, 0.4) is 0 Å². The first-order valence-corrected chi connectivity index (χ1v) is 7.72. The Labute approximate surface area is 135 Å². The van der Waals surface area contributed by atoms with Crippen LogP contribution < -0.4 is 5.32 Å². The van der Waals surface area contributed by atoms with Crippen LogP contribution in [-0.4, -0.2) is 16.6 Å². The maximum Gasteiger partial charge on any atom is 0.288 e. The van der Waals surface area contributed by atoms with Crippen molar-refractivity contribution in [2.24, 2.45) is 0 Å². The molecule has 6 heteroatoms. The maximum absolute atomic E-state index is 12.6. The quantitative estimate of drug-likeness (QED) is 0.699. The molecule has 3 rings (SSSR count). The highest BCUT2D eigenvalue weighted by Gasteiger charge is 2.14. The molecule has 0 aliphatic carbocycles. The van der Waals surface area contributed by atoms with Gasteiger partial charge in [0.25, 0.3) is 11.7 Å². The van der Waals surface area contributed by atoms with Gasteiger partial charge in [0, 0.05) is 22.0 Å². The van der Waals surface area contributed by atoms with E-state index in [1.807, 2.05) is 6.07 Å². The van der Waals surface area contributed by atoms with Crippen molar-refractivity contribution in [1.82, 2.24) is 4.98 Å². The normalized spacial score (nSPS) is 10.9. The molecule has 0 radical (unpaired) electrons. The van der Waals surface area contributed by atoms with E-state index in [1.165, 1.54) is 0 Å². The van der Waals surface area contributed by atoms with E-state index in [0.29, 0.717) is 38.8 Å². The first-order valence-electron chi connectivity index (χ1n) is 6.84. The number of anilines is 1. The second-order valence-electron chi connectivity index (χ2n) is 4.70. The summed E-state index contributed by atoms with van der Waals surface area (Å²) >= 11 is 0.405. The van der Waals surface area contributed by atoms with E-state index in [-0.39, 0.29) is 5.91 Å².